The number of hydrogen-bond acceptors (Lipinski definition) is 5. The maximum absolute atomic E-state index is 12.9. The lowest BCUT2D eigenvalue weighted by atomic mass is 10.1. The monoisotopic (exact) mass is 339 g/mol. The van der Waals surface area contributed by atoms with E-state index in [-0.39, 0.29) is 24.2 Å². The van der Waals surface area contributed by atoms with E-state index in [2.05, 4.69) is 9.97 Å². The highest BCUT2D eigenvalue weighted by Gasteiger charge is 2.44. The standard InChI is InChI=1S/C19H21N3O3/c23-19(15-4-2-8-21-12-15)22-9-10-24-17-6-5-16(22)18(17)25-13-14-3-1-7-20-11-14/h1-4,7-8,11-12,16-18H,5-6,9-10,13H2/t16-,17-,18+/m0/s1. The van der Waals surface area contributed by atoms with Gasteiger partial charge in [0.05, 0.1) is 30.9 Å². The molecule has 0 unspecified atom stereocenters. The SMILES string of the molecule is O=C(c1cccnc1)N1CCO[C@H]2CC[C@H]1[C@H]2OCc1cccnc1. The van der Waals surface area contributed by atoms with E-state index in [9.17, 15) is 4.79 Å². The van der Waals surface area contributed by atoms with Crippen LogP contribution in [-0.4, -0.2) is 52.2 Å². The third-order valence-corrected chi connectivity index (χ3v) is 4.89. The summed E-state index contributed by atoms with van der Waals surface area (Å²) in [5.41, 5.74) is 1.63. The van der Waals surface area contributed by atoms with Crippen LogP contribution in [0.2, 0.25) is 0 Å². The highest BCUT2D eigenvalue weighted by atomic mass is 16.5. The van der Waals surface area contributed by atoms with Crippen molar-refractivity contribution in [1.29, 1.82) is 0 Å². The van der Waals surface area contributed by atoms with E-state index in [1.807, 2.05) is 17.0 Å². The van der Waals surface area contributed by atoms with Crippen molar-refractivity contribution in [2.45, 2.75) is 37.7 Å². The number of pyridine rings is 2. The lowest BCUT2D eigenvalue weighted by Gasteiger charge is -2.31. The highest BCUT2D eigenvalue weighted by Crippen LogP contribution is 2.33. The molecule has 2 aromatic rings. The Hall–Kier alpha value is -2.31. The molecule has 0 radical (unpaired) electrons. The first-order chi connectivity index (χ1) is 12.3. The minimum absolute atomic E-state index is 0.000715. The second-order valence-electron chi connectivity index (χ2n) is 6.43. The maximum Gasteiger partial charge on any atom is 0.255 e. The zero-order valence-corrected chi connectivity index (χ0v) is 14.0. The van der Waals surface area contributed by atoms with Gasteiger partial charge in [0.2, 0.25) is 0 Å². The van der Waals surface area contributed by atoms with Crippen molar-refractivity contribution >= 4 is 5.91 Å². The molecular formula is C19H21N3O3. The number of aromatic nitrogens is 2. The number of hydrogen-bond donors (Lipinski definition) is 0. The molecule has 2 aliphatic rings. The normalized spacial score (nSPS) is 25.6. The van der Waals surface area contributed by atoms with Gasteiger partial charge in [-0.1, -0.05) is 6.07 Å². The quantitative estimate of drug-likeness (QED) is 0.853. The zero-order valence-electron chi connectivity index (χ0n) is 14.0. The van der Waals surface area contributed by atoms with Crippen LogP contribution in [0.25, 0.3) is 0 Å². The summed E-state index contributed by atoms with van der Waals surface area (Å²) in [6.07, 6.45) is 8.60. The molecule has 2 aromatic heterocycles. The van der Waals surface area contributed by atoms with E-state index in [1.54, 1.807) is 36.9 Å². The number of carbonyl (C=O) groups excluding carboxylic acids is 1. The molecule has 1 aliphatic heterocycles. The summed E-state index contributed by atoms with van der Waals surface area (Å²) >= 11 is 0. The Morgan fingerprint density at radius 1 is 1.20 bits per heavy atom. The first kappa shape index (κ1) is 16.2. The van der Waals surface area contributed by atoms with E-state index in [1.165, 1.54) is 0 Å². The second-order valence-corrected chi connectivity index (χ2v) is 6.43. The molecule has 2 bridgehead atoms. The van der Waals surface area contributed by atoms with Gasteiger partial charge in [0.25, 0.3) is 5.91 Å². The van der Waals surface area contributed by atoms with E-state index in [0.29, 0.717) is 25.3 Å². The third-order valence-electron chi connectivity index (χ3n) is 4.89. The van der Waals surface area contributed by atoms with Crippen molar-refractivity contribution in [3.05, 3.63) is 60.2 Å². The molecule has 6 heteroatoms. The molecule has 1 saturated carbocycles. The van der Waals surface area contributed by atoms with Crippen LogP contribution in [0.4, 0.5) is 0 Å². The molecule has 25 heavy (non-hydrogen) atoms. The van der Waals surface area contributed by atoms with Gasteiger partial charge < -0.3 is 14.4 Å². The molecule has 1 amide bonds. The highest BCUT2D eigenvalue weighted by molar-refractivity contribution is 5.94. The van der Waals surface area contributed by atoms with Crippen LogP contribution in [0.5, 0.6) is 0 Å². The molecule has 1 saturated heterocycles. The van der Waals surface area contributed by atoms with E-state index >= 15 is 0 Å². The fourth-order valence-corrected chi connectivity index (χ4v) is 3.69. The molecule has 4 rings (SSSR count). The minimum Gasteiger partial charge on any atom is -0.374 e. The largest absolute Gasteiger partial charge is 0.374 e. The summed E-state index contributed by atoms with van der Waals surface area (Å²) in [5, 5.41) is 0. The summed E-state index contributed by atoms with van der Waals surface area (Å²) < 4.78 is 12.1. The average Bonchev–Trinajstić information content (AvgIpc) is 2.96. The lowest BCUT2D eigenvalue weighted by Crippen LogP contribution is -2.46. The van der Waals surface area contributed by atoms with Crippen molar-refractivity contribution in [3.63, 3.8) is 0 Å². The third kappa shape index (κ3) is 3.41. The summed E-state index contributed by atoms with van der Waals surface area (Å²) in [4.78, 5) is 23.0. The number of nitrogens with zero attached hydrogens (tertiary/aromatic N) is 3. The van der Waals surface area contributed by atoms with E-state index < -0.39 is 0 Å². The first-order valence-corrected chi connectivity index (χ1v) is 8.66. The van der Waals surface area contributed by atoms with Gasteiger partial charge in [0.15, 0.2) is 0 Å². The number of rotatable bonds is 4. The minimum atomic E-state index is -0.108. The molecule has 0 aromatic carbocycles. The lowest BCUT2D eigenvalue weighted by molar-refractivity contribution is -0.0598. The van der Waals surface area contributed by atoms with Crippen LogP contribution in [0.15, 0.2) is 49.1 Å². The molecule has 2 fully saturated rings. The van der Waals surface area contributed by atoms with Gasteiger partial charge in [-0.25, -0.2) is 0 Å². The Morgan fingerprint density at radius 3 is 2.80 bits per heavy atom. The predicted molar refractivity (Wildman–Crippen MR) is 90.8 cm³/mol. The summed E-state index contributed by atoms with van der Waals surface area (Å²) in [7, 11) is 0. The average molecular weight is 339 g/mol. The van der Waals surface area contributed by atoms with Crippen LogP contribution in [0, 0.1) is 0 Å². The molecule has 0 N–H and O–H groups in total. The molecule has 0 spiro atoms. The van der Waals surface area contributed by atoms with Crippen molar-refractivity contribution in [2.75, 3.05) is 13.2 Å². The Labute approximate surface area is 146 Å². The second kappa shape index (κ2) is 7.29. The summed E-state index contributed by atoms with van der Waals surface area (Å²) in [6.45, 7) is 1.60. The Balaban J connectivity index is 1.51. The van der Waals surface area contributed by atoms with Crippen LogP contribution in [-0.2, 0) is 16.1 Å². The van der Waals surface area contributed by atoms with E-state index in [0.717, 1.165) is 18.4 Å². The molecule has 6 nitrogen and oxygen atoms in total. The Kier molecular flexibility index (Phi) is 4.72. The van der Waals surface area contributed by atoms with Gasteiger partial charge in [-0.05, 0) is 36.6 Å². The smallest absolute Gasteiger partial charge is 0.255 e. The predicted octanol–water partition coefficient (Wildman–Crippen LogP) is 2.07. The van der Waals surface area contributed by atoms with Crippen LogP contribution < -0.4 is 0 Å². The van der Waals surface area contributed by atoms with Crippen molar-refractivity contribution in [1.82, 2.24) is 14.9 Å². The number of fused-ring (bicyclic) bond motifs is 2. The van der Waals surface area contributed by atoms with Gasteiger partial charge >= 0.3 is 0 Å². The van der Waals surface area contributed by atoms with Gasteiger partial charge in [-0.15, -0.1) is 0 Å². The van der Waals surface area contributed by atoms with E-state index in [4.69, 9.17) is 9.47 Å². The van der Waals surface area contributed by atoms with Gasteiger partial charge in [-0.2, -0.15) is 0 Å². The number of amides is 1. The van der Waals surface area contributed by atoms with Crippen LogP contribution in [0.3, 0.4) is 0 Å². The summed E-state index contributed by atoms with van der Waals surface area (Å²) in [5.74, 6) is -0.000715. The Bertz CT molecular complexity index is 710. The van der Waals surface area contributed by atoms with Gasteiger partial charge in [0.1, 0.15) is 6.10 Å². The molecule has 1 aliphatic carbocycles. The summed E-state index contributed by atoms with van der Waals surface area (Å²) in [6, 6.07) is 7.52. The van der Waals surface area contributed by atoms with Gasteiger partial charge in [-0.3, -0.25) is 14.8 Å². The van der Waals surface area contributed by atoms with Crippen molar-refractivity contribution in [2.24, 2.45) is 0 Å². The van der Waals surface area contributed by atoms with Crippen molar-refractivity contribution < 1.29 is 14.3 Å². The molecule has 130 valence electrons. The zero-order chi connectivity index (χ0) is 17.1. The molecule has 3 heterocycles. The fraction of sp³-hybridized carbons (Fsp3) is 0.421. The Morgan fingerprint density at radius 2 is 2.04 bits per heavy atom. The first-order valence-electron chi connectivity index (χ1n) is 8.66. The van der Waals surface area contributed by atoms with Crippen LogP contribution in [0.1, 0.15) is 28.8 Å². The van der Waals surface area contributed by atoms with Crippen LogP contribution >= 0.6 is 0 Å². The molecular weight excluding hydrogens is 318 g/mol. The molecule has 3 atom stereocenters. The van der Waals surface area contributed by atoms with Gasteiger partial charge in [0, 0.05) is 31.3 Å². The number of ether oxygens (including phenoxy) is 2. The fourth-order valence-electron chi connectivity index (χ4n) is 3.69. The van der Waals surface area contributed by atoms with Crippen molar-refractivity contribution in [3.8, 4) is 0 Å². The topological polar surface area (TPSA) is 64.6 Å². The maximum atomic E-state index is 12.9. The number of carbonyl (C=O) groups is 1.